The quantitative estimate of drug-likeness (QED) is 0.858. The number of nitrogens with one attached hydrogen (secondary N) is 1. The molecule has 0 unspecified atom stereocenters. The highest BCUT2D eigenvalue weighted by atomic mass is 16.6. The molecule has 20 heavy (non-hydrogen) atoms. The first-order valence-electron chi connectivity index (χ1n) is 7.18. The molecule has 1 aromatic carbocycles. The Hall–Kier alpha value is -1.91. The van der Waals surface area contributed by atoms with Crippen molar-refractivity contribution in [2.24, 2.45) is 5.92 Å². The summed E-state index contributed by atoms with van der Waals surface area (Å²) in [6.07, 6.45) is 2.28. The van der Waals surface area contributed by atoms with Gasteiger partial charge in [-0.25, -0.2) is 4.79 Å². The zero-order valence-electron chi connectivity index (χ0n) is 11.7. The first kappa shape index (κ1) is 13.1. The molecule has 5 nitrogen and oxygen atoms in total. The molecule has 2 aliphatic rings. The van der Waals surface area contributed by atoms with Crippen molar-refractivity contribution in [1.29, 1.82) is 0 Å². The van der Waals surface area contributed by atoms with Crippen LogP contribution in [0.4, 0.5) is 10.5 Å². The zero-order valence-corrected chi connectivity index (χ0v) is 11.7. The highest BCUT2D eigenvalue weighted by Gasteiger charge is 2.21. The Morgan fingerprint density at radius 3 is 2.90 bits per heavy atom. The number of likely N-dealkylation sites (tertiary alicyclic amines) is 1. The van der Waals surface area contributed by atoms with Crippen LogP contribution in [0.3, 0.4) is 0 Å². The minimum atomic E-state index is -0.0340. The zero-order chi connectivity index (χ0) is 13.9. The Balaban J connectivity index is 1.66. The van der Waals surface area contributed by atoms with Crippen molar-refractivity contribution >= 4 is 11.7 Å². The second kappa shape index (κ2) is 5.61. The fourth-order valence-corrected chi connectivity index (χ4v) is 2.70. The van der Waals surface area contributed by atoms with E-state index in [0.29, 0.717) is 24.9 Å². The van der Waals surface area contributed by atoms with Gasteiger partial charge in [0.1, 0.15) is 13.2 Å². The van der Waals surface area contributed by atoms with Crippen molar-refractivity contribution in [2.75, 3.05) is 31.6 Å². The summed E-state index contributed by atoms with van der Waals surface area (Å²) < 4.78 is 11.0. The van der Waals surface area contributed by atoms with Gasteiger partial charge in [0.05, 0.1) is 0 Å². The molecule has 5 heteroatoms. The molecule has 3 rings (SSSR count). The molecule has 1 saturated heterocycles. The Bertz CT molecular complexity index is 504. The molecular formula is C15H20N2O3. The van der Waals surface area contributed by atoms with Gasteiger partial charge in [0, 0.05) is 24.8 Å². The largest absolute Gasteiger partial charge is 0.486 e. The van der Waals surface area contributed by atoms with Gasteiger partial charge < -0.3 is 19.7 Å². The van der Waals surface area contributed by atoms with Crippen LogP contribution in [-0.2, 0) is 0 Å². The molecule has 0 aliphatic carbocycles. The molecule has 0 radical (unpaired) electrons. The van der Waals surface area contributed by atoms with E-state index in [0.717, 1.165) is 30.9 Å². The van der Waals surface area contributed by atoms with Crippen molar-refractivity contribution in [2.45, 2.75) is 19.8 Å². The predicted molar refractivity (Wildman–Crippen MR) is 76.4 cm³/mol. The van der Waals surface area contributed by atoms with Crippen LogP contribution in [0.5, 0.6) is 11.5 Å². The Morgan fingerprint density at radius 1 is 1.30 bits per heavy atom. The second-order valence-electron chi connectivity index (χ2n) is 5.48. The number of carbonyl (C=O) groups is 1. The average molecular weight is 276 g/mol. The lowest BCUT2D eigenvalue weighted by Gasteiger charge is -2.31. The first-order valence-corrected chi connectivity index (χ1v) is 7.18. The fraction of sp³-hybridized carbons (Fsp3) is 0.533. The van der Waals surface area contributed by atoms with Crippen LogP contribution in [0.25, 0.3) is 0 Å². The van der Waals surface area contributed by atoms with Gasteiger partial charge in [-0.2, -0.15) is 0 Å². The summed E-state index contributed by atoms with van der Waals surface area (Å²) >= 11 is 0. The Morgan fingerprint density at radius 2 is 2.10 bits per heavy atom. The molecule has 1 fully saturated rings. The van der Waals surface area contributed by atoms with Crippen molar-refractivity contribution in [3.05, 3.63) is 18.2 Å². The summed E-state index contributed by atoms with van der Waals surface area (Å²) in [6.45, 7) is 4.97. The number of anilines is 1. The summed E-state index contributed by atoms with van der Waals surface area (Å²) in [6, 6.07) is 5.47. The maximum atomic E-state index is 12.2. The number of ether oxygens (including phenoxy) is 2. The van der Waals surface area contributed by atoms with Gasteiger partial charge in [0.2, 0.25) is 0 Å². The minimum Gasteiger partial charge on any atom is -0.486 e. The number of nitrogens with zero attached hydrogens (tertiary/aromatic N) is 1. The van der Waals surface area contributed by atoms with Crippen LogP contribution in [0.1, 0.15) is 19.8 Å². The van der Waals surface area contributed by atoms with Gasteiger partial charge in [-0.1, -0.05) is 6.92 Å². The molecule has 0 aromatic heterocycles. The van der Waals surface area contributed by atoms with Crippen LogP contribution < -0.4 is 14.8 Å². The highest BCUT2D eigenvalue weighted by molar-refractivity contribution is 5.89. The molecule has 1 aromatic rings. The van der Waals surface area contributed by atoms with E-state index >= 15 is 0 Å². The number of fused-ring (bicyclic) bond motifs is 1. The SMILES string of the molecule is C[C@H]1CCCN(C(=O)Nc2ccc3c(c2)OCCO3)C1. The van der Waals surface area contributed by atoms with E-state index < -0.39 is 0 Å². The number of benzene rings is 1. The molecule has 1 N–H and O–H groups in total. The molecule has 0 spiro atoms. The highest BCUT2D eigenvalue weighted by Crippen LogP contribution is 2.32. The summed E-state index contributed by atoms with van der Waals surface area (Å²) in [5, 5.41) is 2.93. The second-order valence-corrected chi connectivity index (χ2v) is 5.48. The van der Waals surface area contributed by atoms with E-state index in [4.69, 9.17) is 9.47 Å². The third kappa shape index (κ3) is 2.81. The van der Waals surface area contributed by atoms with E-state index in [1.54, 1.807) is 0 Å². The summed E-state index contributed by atoms with van der Waals surface area (Å²) in [5.41, 5.74) is 0.748. The molecule has 108 valence electrons. The summed E-state index contributed by atoms with van der Waals surface area (Å²) in [4.78, 5) is 14.1. The van der Waals surface area contributed by atoms with Gasteiger partial charge in [0.15, 0.2) is 11.5 Å². The number of hydrogen-bond acceptors (Lipinski definition) is 3. The standard InChI is InChI=1S/C15H20N2O3/c1-11-3-2-6-17(10-11)15(18)16-12-4-5-13-14(9-12)20-8-7-19-13/h4-5,9,11H,2-3,6-8,10H2,1H3,(H,16,18)/t11-/m0/s1. The van der Waals surface area contributed by atoms with Crippen molar-refractivity contribution in [1.82, 2.24) is 4.90 Å². The van der Waals surface area contributed by atoms with Crippen molar-refractivity contribution in [3.63, 3.8) is 0 Å². The Kier molecular flexibility index (Phi) is 3.67. The molecular weight excluding hydrogens is 256 g/mol. The lowest BCUT2D eigenvalue weighted by Crippen LogP contribution is -2.41. The van der Waals surface area contributed by atoms with E-state index in [1.165, 1.54) is 6.42 Å². The molecule has 2 aliphatic heterocycles. The normalized spacial score (nSPS) is 21.4. The van der Waals surface area contributed by atoms with Gasteiger partial charge in [-0.15, -0.1) is 0 Å². The third-order valence-corrected chi connectivity index (χ3v) is 3.74. The first-order chi connectivity index (χ1) is 9.72. The maximum Gasteiger partial charge on any atom is 0.321 e. The molecule has 0 bridgehead atoms. The summed E-state index contributed by atoms with van der Waals surface area (Å²) in [5.74, 6) is 2.01. The lowest BCUT2D eigenvalue weighted by atomic mass is 10.0. The lowest BCUT2D eigenvalue weighted by molar-refractivity contribution is 0.171. The van der Waals surface area contributed by atoms with Gasteiger partial charge in [-0.05, 0) is 30.9 Å². The van der Waals surface area contributed by atoms with E-state index in [2.05, 4.69) is 12.2 Å². The maximum absolute atomic E-state index is 12.2. The Labute approximate surface area is 118 Å². The van der Waals surface area contributed by atoms with E-state index in [-0.39, 0.29) is 6.03 Å². The van der Waals surface area contributed by atoms with Gasteiger partial charge in [-0.3, -0.25) is 0 Å². The monoisotopic (exact) mass is 276 g/mol. The number of carbonyl (C=O) groups excluding carboxylic acids is 1. The predicted octanol–water partition coefficient (Wildman–Crippen LogP) is 2.72. The topological polar surface area (TPSA) is 50.8 Å². The number of hydrogen-bond donors (Lipinski definition) is 1. The molecule has 2 heterocycles. The van der Waals surface area contributed by atoms with Crippen molar-refractivity contribution < 1.29 is 14.3 Å². The molecule has 0 saturated carbocycles. The number of amides is 2. The summed E-state index contributed by atoms with van der Waals surface area (Å²) in [7, 11) is 0. The van der Waals surface area contributed by atoms with Gasteiger partial charge in [0.25, 0.3) is 0 Å². The van der Waals surface area contributed by atoms with Gasteiger partial charge >= 0.3 is 6.03 Å². The van der Waals surface area contributed by atoms with Crippen LogP contribution in [0.15, 0.2) is 18.2 Å². The number of piperidine rings is 1. The fourth-order valence-electron chi connectivity index (χ4n) is 2.70. The number of urea groups is 1. The number of rotatable bonds is 1. The third-order valence-electron chi connectivity index (χ3n) is 3.74. The van der Waals surface area contributed by atoms with E-state index in [9.17, 15) is 4.79 Å². The molecule has 2 amide bonds. The average Bonchev–Trinajstić information content (AvgIpc) is 2.47. The van der Waals surface area contributed by atoms with Crippen LogP contribution in [0.2, 0.25) is 0 Å². The van der Waals surface area contributed by atoms with Crippen molar-refractivity contribution in [3.8, 4) is 11.5 Å². The van der Waals surface area contributed by atoms with Crippen LogP contribution >= 0.6 is 0 Å². The smallest absolute Gasteiger partial charge is 0.321 e. The minimum absolute atomic E-state index is 0.0340. The van der Waals surface area contributed by atoms with Crippen LogP contribution in [0, 0.1) is 5.92 Å². The van der Waals surface area contributed by atoms with Crippen LogP contribution in [-0.4, -0.2) is 37.2 Å². The molecule has 1 atom stereocenters. The van der Waals surface area contributed by atoms with E-state index in [1.807, 2.05) is 23.1 Å².